The highest BCUT2D eigenvalue weighted by Gasteiger charge is 2.18. The van der Waals surface area contributed by atoms with E-state index in [1.807, 2.05) is 0 Å². The number of rotatable bonds is 5. The molecule has 0 aromatic heterocycles. The first kappa shape index (κ1) is 14.4. The number of non-ortho nitro benzene ring substituents is 1. The van der Waals surface area contributed by atoms with Gasteiger partial charge >= 0.3 is 0 Å². The molecule has 1 aromatic carbocycles. The summed E-state index contributed by atoms with van der Waals surface area (Å²) < 4.78 is 13.5. The van der Waals surface area contributed by atoms with Crippen LogP contribution in [0.25, 0.3) is 0 Å². The number of amides is 1. The third-order valence-corrected chi connectivity index (χ3v) is 3.35. The second-order valence-electron chi connectivity index (χ2n) is 4.76. The standard InChI is InChI=1S/C13H16FN3O3/c14-12-4-3-10(17(19)20)8-11(12)13(18)16-7-5-9-2-1-6-15-9/h3-4,8-9,15H,1-2,5-7H2,(H,16,18)/t9-/m1/s1. The Morgan fingerprint density at radius 2 is 2.35 bits per heavy atom. The summed E-state index contributed by atoms with van der Waals surface area (Å²) in [6.07, 6.45) is 2.96. The lowest BCUT2D eigenvalue weighted by atomic mass is 10.1. The molecule has 1 aliphatic heterocycles. The number of nitro groups is 1. The Morgan fingerprint density at radius 3 is 3.00 bits per heavy atom. The topological polar surface area (TPSA) is 84.3 Å². The van der Waals surface area contributed by atoms with E-state index >= 15 is 0 Å². The highest BCUT2D eigenvalue weighted by Crippen LogP contribution is 2.16. The van der Waals surface area contributed by atoms with Crippen LogP contribution in [0.1, 0.15) is 29.6 Å². The Kier molecular flexibility index (Phi) is 4.62. The fraction of sp³-hybridized carbons (Fsp3) is 0.462. The minimum absolute atomic E-state index is 0.293. The molecule has 1 aliphatic rings. The Labute approximate surface area is 115 Å². The van der Waals surface area contributed by atoms with Crippen molar-refractivity contribution in [2.75, 3.05) is 13.1 Å². The second kappa shape index (κ2) is 6.42. The lowest BCUT2D eigenvalue weighted by molar-refractivity contribution is -0.384. The number of nitrogens with zero attached hydrogens (tertiary/aromatic N) is 1. The molecule has 0 radical (unpaired) electrons. The van der Waals surface area contributed by atoms with Gasteiger partial charge in [-0.2, -0.15) is 0 Å². The normalized spacial score (nSPS) is 17.9. The van der Waals surface area contributed by atoms with Crippen LogP contribution in [0, 0.1) is 15.9 Å². The van der Waals surface area contributed by atoms with Crippen LogP contribution < -0.4 is 10.6 Å². The molecule has 2 rings (SSSR count). The van der Waals surface area contributed by atoms with Crippen LogP contribution >= 0.6 is 0 Å². The Hall–Kier alpha value is -2.02. The van der Waals surface area contributed by atoms with E-state index in [1.165, 1.54) is 0 Å². The third kappa shape index (κ3) is 3.51. The van der Waals surface area contributed by atoms with E-state index in [1.54, 1.807) is 0 Å². The number of halogens is 1. The molecule has 108 valence electrons. The van der Waals surface area contributed by atoms with E-state index in [4.69, 9.17) is 0 Å². The van der Waals surface area contributed by atoms with Crippen molar-refractivity contribution in [3.05, 3.63) is 39.7 Å². The summed E-state index contributed by atoms with van der Waals surface area (Å²) >= 11 is 0. The van der Waals surface area contributed by atoms with Crippen LogP contribution in [0.4, 0.5) is 10.1 Å². The number of hydrogen-bond donors (Lipinski definition) is 2. The number of hydrogen-bond acceptors (Lipinski definition) is 4. The molecule has 1 amide bonds. The maximum atomic E-state index is 13.5. The van der Waals surface area contributed by atoms with Gasteiger partial charge in [0.05, 0.1) is 10.5 Å². The molecular weight excluding hydrogens is 265 g/mol. The Bertz CT molecular complexity index is 516. The lowest BCUT2D eigenvalue weighted by Crippen LogP contribution is -2.31. The van der Waals surface area contributed by atoms with Crippen molar-refractivity contribution in [3.8, 4) is 0 Å². The van der Waals surface area contributed by atoms with Gasteiger partial charge in [-0.3, -0.25) is 14.9 Å². The Balaban J connectivity index is 1.94. The summed E-state index contributed by atoms with van der Waals surface area (Å²) in [5.74, 6) is -1.38. The monoisotopic (exact) mass is 281 g/mol. The number of carbonyl (C=O) groups is 1. The minimum Gasteiger partial charge on any atom is -0.352 e. The largest absolute Gasteiger partial charge is 0.352 e. The fourth-order valence-electron chi connectivity index (χ4n) is 2.26. The highest BCUT2D eigenvalue weighted by atomic mass is 19.1. The minimum atomic E-state index is -0.757. The summed E-state index contributed by atoms with van der Waals surface area (Å²) in [6, 6.07) is 3.31. The molecule has 6 nitrogen and oxygen atoms in total. The molecule has 0 spiro atoms. The van der Waals surface area contributed by atoms with Gasteiger partial charge in [-0.1, -0.05) is 0 Å². The summed E-state index contributed by atoms with van der Waals surface area (Å²) in [5, 5.41) is 16.5. The maximum Gasteiger partial charge on any atom is 0.270 e. The molecule has 20 heavy (non-hydrogen) atoms. The van der Waals surface area contributed by atoms with E-state index in [9.17, 15) is 19.3 Å². The molecule has 0 aliphatic carbocycles. The summed E-state index contributed by atoms with van der Waals surface area (Å²) in [6.45, 7) is 1.40. The zero-order valence-corrected chi connectivity index (χ0v) is 10.9. The van der Waals surface area contributed by atoms with E-state index < -0.39 is 16.6 Å². The number of benzene rings is 1. The van der Waals surface area contributed by atoms with Gasteiger partial charge < -0.3 is 10.6 Å². The zero-order chi connectivity index (χ0) is 14.5. The van der Waals surface area contributed by atoms with Crippen molar-refractivity contribution in [1.29, 1.82) is 0 Å². The van der Waals surface area contributed by atoms with Crippen LogP contribution in [0.2, 0.25) is 0 Å². The van der Waals surface area contributed by atoms with Gasteiger partial charge in [0.1, 0.15) is 5.82 Å². The summed E-state index contributed by atoms with van der Waals surface area (Å²) in [5.41, 5.74) is -0.590. The zero-order valence-electron chi connectivity index (χ0n) is 10.9. The first-order chi connectivity index (χ1) is 9.58. The van der Waals surface area contributed by atoms with Crippen molar-refractivity contribution < 1.29 is 14.1 Å². The first-order valence-electron chi connectivity index (χ1n) is 6.53. The second-order valence-corrected chi connectivity index (χ2v) is 4.76. The predicted molar refractivity (Wildman–Crippen MR) is 71.0 cm³/mol. The Morgan fingerprint density at radius 1 is 1.55 bits per heavy atom. The fourth-order valence-corrected chi connectivity index (χ4v) is 2.26. The molecule has 2 N–H and O–H groups in total. The quantitative estimate of drug-likeness (QED) is 0.634. The average Bonchev–Trinajstić information content (AvgIpc) is 2.92. The van der Waals surface area contributed by atoms with Gasteiger partial charge in [-0.05, 0) is 31.9 Å². The van der Waals surface area contributed by atoms with Gasteiger partial charge in [0, 0.05) is 24.7 Å². The van der Waals surface area contributed by atoms with Gasteiger partial charge in [0.15, 0.2) is 0 Å². The van der Waals surface area contributed by atoms with Crippen molar-refractivity contribution in [2.45, 2.75) is 25.3 Å². The van der Waals surface area contributed by atoms with E-state index in [0.29, 0.717) is 12.6 Å². The summed E-state index contributed by atoms with van der Waals surface area (Å²) in [4.78, 5) is 21.8. The predicted octanol–water partition coefficient (Wildman–Crippen LogP) is 1.61. The SMILES string of the molecule is O=C(NCC[C@H]1CCCN1)c1cc([N+](=O)[O-])ccc1F. The van der Waals surface area contributed by atoms with Crippen molar-refractivity contribution >= 4 is 11.6 Å². The molecule has 1 atom stereocenters. The van der Waals surface area contributed by atoms with E-state index in [0.717, 1.165) is 44.0 Å². The average molecular weight is 281 g/mol. The van der Waals surface area contributed by atoms with Gasteiger partial charge in [0.25, 0.3) is 11.6 Å². The molecule has 0 saturated carbocycles. The van der Waals surface area contributed by atoms with Crippen molar-refractivity contribution in [2.24, 2.45) is 0 Å². The number of nitro benzene ring substituents is 1. The third-order valence-electron chi connectivity index (χ3n) is 3.35. The molecule has 1 fully saturated rings. The van der Waals surface area contributed by atoms with Crippen LogP contribution in [-0.4, -0.2) is 30.0 Å². The van der Waals surface area contributed by atoms with Crippen molar-refractivity contribution in [1.82, 2.24) is 10.6 Å². The molecule has 0 unspecified atom stereocenters. The molecule has 1 aromatic rings. The molecule has 7 heteroatoms. The molecule has 1 heterocycles. The van der Waals surface area contributed by atoms with Gasteiger partial charge in [-0.15, -0.1) is 0 Å². The molecular formula is C13H16FN3O3. The van der Waals surface area contributed by atoms with Crippen LogP contribution in [0.5, 0.6) is 0 Å². The summed E-state index contributed by atoms with van der Waals surface area (Å²) in [7, 11) is 0. The molecule has 1 saturated heterocycles. The van der Waals surface area contributed by atoms with E-state index in [-0.39, 0.29) is 11.3 Å². The van der Waals surface area contributed by atoms with Crippen LogP contribution in [0.3, 0.4) is 0 Å². The first-order valence-corrected chi connectivity index (χ1v) is 6.53. The van der Waals surface area contributed by atoms with Crippen molar-refractivity contribution in [3.63, 3.8) is 0 Å². The van der Waals surface area contributed by atoms with Crippen LogP contribution in [-0.2, 0) is 0 Å². The maximum absolute atomic E-state index is 13.5. The molecule has 0 bridgehead atoms. The number of carbonyl (C=O) groups excluding carboxylic acids is 1. The van der Waals surface area contributed by atoms with E-state index in [2.05, 4.69) is 10.6 Å². The van der Waals surface area contributed by atoms with Gasteiger partial charge in [0.2, 0.25) is 0 Å². The highest BCUT2D eigenvalue weighted by molar-refractivity contribution is 5.95. The van der Waals surface area contributed by atoms with Gasteiger partial charge in [-0.25, -0.2) is 4.39 Å². The van der Waals surface area contributed by atoms with Crippen LogP contribution in [0.15, 0.2) is 18.2 Å². The number of nitrogens with one attached hydrogen (secondary N) is 2. The lowest BCUT2D eigenvalue weighted by Gasteiger charge is -2.11. The smallest absolute Gasteiger partial charge is 0.270 e.